The van der Waals surface area contributed by atoms with Crippen molar-refractivity contribution in [3.8, 4) is 0 Å². The Labute approximate surface area is 120 Å². The SMILES string of the molecule is NNc1cc(Nc2ccc(Cl)c3cccnc23)ncn1. The third kappa shape index (κ3) is 2.34. The Morgan fingerprint density at radius 1 is 1.05 bits per heavy atom. The Balaban J connectivity index is 2.04. The predicted octanol–water partition coefficient (Wildman–Crippen LogP) is 2.71. The molecule has 0 saturated heterocycles. The van der Waals surface area contributed by atoms with E-state index in [0.29, 0.717) is 16.7 Å². The Kier molecular flexibility index (Phi) is 3.32. The molecule has 0 unspecified atom stereocenters. The summed E-state index contributed by atoms with van der Waals surface area (Å²) in [5.74, 6) is 6.46. The molecule has 0 amide bonds. The number of hydrazine groups is 1. The second kappa shape index (κ2) is 5.28. The van der Waals surface area contributed by atoms with Crippen molar-refractivity contribution in [2.24, 2.45) is 5.84 Å². The lowest BCUT2D eigenvalue weighted by Gasteiger charge is -2.09. The molecule has 0 radical (unpaired) electrons. The van der Waals surface area contributed by atoms with Crippen molar-refractivity contribution in [1.29, 1.82) is 0 Å². The van der Waals surface area contributed by atoms with Crippen LogP contribution < -0.4 is 16.6 Å². The zero-order valence-electron chi connectivity index (χ0n) is 10.3. The molecule has 100 valence electrons. The highest BCUT2D eigenvalue weighted by Crippen LogP contribution is 2.29. The van der Waals surface area contributed by atoms with Crippen molar-refractivity contribution in [3.63, 3.8) is 0 Å². The van der Waals surface area contributed by atoms with Crippen LogP contribution in [-0.2, 0) is 0 Å². The number of nitrogens with one attached hydrogen (secondary N) is 2. The fourth-order valence-electron chi connectivity index (χ4n) is 1.88. The Hall–Kier alpha value is -2.44. The molecule has 1 aromatic carbocycles. The van der Waals surface area contributed by atoms with Crippen molar-refractivity contribution in [1.82, 2.24) is 15.0 Å². The van der Waals surface area contributed by atoms with Gasteiger partial charge >= 0.3 is 0 Å². The molecule has 0 aliphatic carbocycles. The van der Waals surface area contributed by atoms with Crippen LogP contribution in [0.5, 0.6) is 0 Å². The number of rotatable bonds is 3. The van der Waals surface area contributed by atoms with Gasteiger partial charge in [0.1, 0.15) is 18.0 Å². The molecule has 4 N–H and O–H groups in total. The summed E-state index contributed by atoms with van der Waals surface area (Å²) in [7, 11) is 0. The first-order valence-electron chi connectivity index (χ1n) is 5.87. The average Bonchev–Trinajstić information content (AvgIpc) is 2.51. The van der Waals surface area contributed by atoms with Crippen molar-refractivity contribution >= 4 is 39.8 Å². The number of anilines is 3. The van der Waals surface area contributed by atoms with Crippen molar-refractivity contribution in [3.05, 3.63) is 47.9 Å². The van der Waals surface area contributed by atoms with Gasteiger partial charge in [0.15, 0.2) is 0 Å². The van der Waals surface area contributed by atoms with Gasteiger partial charge in [-0.3, -0.25) is 4.98 Å². The molecular formula is C13H11ClN6. The first-order chi connectivity index (χ1) is 9.78. The number of halogens is 1. The summed E-state index contributed by atoms with van der Waals surface area (Å²) < 4.78 is 0. The van der Waals surface area contributed by atoms with E-state index in [-0.39, 0.29) is 0 Å². The molecule has 0 fully saturated rings. The van der Waals surface area contributed by atoms with E-state index in [1.165, 1.54) is 6.33 Å². The first kappa shape index (κ1) is 12.6. The molecule has 3 aromatic rings. The average molecular weight is 287 g/mol. The first-order valence-corrected chi connectivity index (χ1v) is 6.24. The molecule has 3 rings (SSSR count). The molecule has 0 bridgehead atoms. The van der Waals surface area contributed by atoms with E-state index in [1.807, 2.05) is 24.3 Å². The van der Waals surface area contributed by atoms with Crippen LogP contribution >= 0.6 is 11.6 Å². The van der Waals surface area contributed by atoms with Crippen LogP contribution in [0.4, 0.5) is 17.3 Å². The Morgan fingerprint density at radius 3 is 2.75 bits per heavy atom. The number of hydrogen-bond donors (Lipinski definition) is 3. The van der Waals surface area contributed by atoms with Gasteiger partial charge < -0.3 is 10.7 Å². The quantitative estimate of drug-likeness (QED) is 0.507. The minimum Gasteiger partial charge on any atom is -0.338 e. The summed E-state index contributed by atoms with van der Waals surface area (Å²) in [6.45, 7) is 0. The number of nitrogens with zero attached hydrogens (tertiary/aromatic N) is 3. The van der Waals surface area contributed by atoms with E-state index in [0.717, 1.165) is 16.6 Å². The lowest BCUT2D eigenvalue weighted by atomic mass is 10.2. The van der Waals surface area contributed by atoms with Gasteiger partial charge in [0.05, 0.1) is 16.2 Å². The van der Waals surface area contributed by atoms with Crippen LogP contribution in [0, 0.1) is 0 Å². The number of hydrogen-bond acceptors (Lipinski definition) is 6. The maximum Gasteiger partial charge on any atom is 0.145 e. The largest absolute Gasteiger partial charge is 0.338 e. The molecule has 0 aliphatic rings. The van der Waals surface area contributed by atoms with Crippen LogP contribution in [0.2, 0.25) is 5.02 Å². The second-order valence-corrected chi connectivity index (χ2v) is 4.46. The summed E-state index contributed by atoms with van der Waals surface area (Å²) in [5, 5.41) is 4.72. The van der Waals surface area contributed by atoms with Crippen LogP contribution in [-0.4, -0.2) is 15.0 Å². The van der Waals surface area contributed by atoms with Crippen molar-refractivity contribution < 1.29 is 0 Å². The highest BCUT2D eigenvalue weighted by molar-refractivity contribution is 6.35. The fourth-order valence-corrected chi connectivity index (χ4v) is 2.10. The predicted molar refractivity (Wildman–Crippen MR) is 79.9 cm³/mol. The van der Waals surface area contributed by atoms with E-state index in [2.05, 4.69) is 25.7 Å². The van der Waals surface area contributed by atoms with Gasteiger partial charge in [-0.15, -0.1) is 0 Å². The zero-order valence-corrected chi connectivity index (χ0v) is 11.1. The van der Waals surface area contributed by atoms with Crippen LogP contribution in [0.15, 0.2) is 42.9 Å². The third-order valence-corrected chi connectivity index (χ3v) is 3.12. The number of nitrogens with two attached hydrogens (primary N) is 1. The Bertz CT molecular complexity index is 761. The summed E-state index contributed by atoms with van der Waals surface area (Å²) in [4.78, 5) is 12.4. The van der Waals surface area contributed by atoms with E-state index in [1.54, 1.807) is 12.3 Å². The minimum absolute atomic E-state index is 0.522. The van der Waals surface area contributed by atoms with E-state index in [9.17, 15) is 0 Å². The normalized spacial score (nSPS) is 10.5. The van der Waals surface area contributed by atoms with Gasteiger partial charge in [0, 0.05) is 17.6 Å². The van der Waals surface area contributed by atoms with Crippen LogP contribution in [0.3, 0.4) is 0 Å². The highest BCUT2D eigenvalue weighted by Gasteiger charge is 2.06. The van der Waals surface area contributed by atoms with E-state index in [4.69, 9.17) is 17.4 Å². The van der Waals surface area contributed by atoms with Crippen LogP contribution in [0.25, 0.3) is 10.9 Å². The number of benzene rings is 1. The van der Waals surface area contributed by atoms with Gasteiger partial charge in [0.2, 0.25) is 0 Å². The van der Waals surface area contributed by atoms with Crippen LogP contribution in [0.1, 0.15) is 0 Å². The number of fused-ring (bicyclic) bond motifs is 1. The molecule has 7 heteroatoms. The second-order valence-electron chi connectivity index (χ2n) is 4.05. The van der Waals surface area contributed by atoms with Gasteiger partial charge in [-0.25, -0.2) is 15.8 Å². The minimum atomic E-state index is 0.522. The third-order valence-electron chi connectivity index (χ3n) is 2.79. The maximum absolute atomic E-state index is 6.16. The number of pyridine rings is 1. The van der Waals surface area contributed by atoms with Gasteiger partial charge in [-0.05, 0) is 24.3 Å². The maximum atomic E-state index is 6.16. The molecular weight excluding hydrogens is 276 g/mol. The molecule has 0 atom stereocenters. The van der Waals surface area contributed by atoms with Crippen molar-refractivity contribution in [2.75, 3.05) is 10.7 Å². The zero-order chi connectivity index (χ0) is 13.9. The highest BCUT2D eigenvalue weighted by atomic mass is 35.5. The molecule has 20 heavy (non-hydrogen) atoms. The van der Waals surface area contributed by atoms with Gasteiger partial charge in [0.25, 0.3) is 0 Å². The molecule has 2 aromatic heterocycles. The molecule has 0 saturated carbocycles. The van der Waals surface area contributed by atoms with Crippen molar-refractivity contribution in [2.45, 2.75) is 0 Å². The number of nitrogen functional groups attached to an aromatic ring is 1. The summed E-state index contributed by atoms with van der Waals surface area (Å²) in [5.41, 5.74) is 4.06. The summed E-state index contributed by atoms with van der Waals surface area (Å²) in [6, 6.07) is 9.14. The molecule has 6 nitrogen and oxygen atoms in total. The topological polar surface area (TPSA) is 88.8 Å². The number of aromatic nitrogens is 3. The Morgan fingerprint density at radius 2 is 1.90 bits per heavy atom. The van der Waals surface area contributed by atoms with Gasteiger partial charge in [-0.1, -0.05) is 11.6 Å². The molecule has 2 heterocycles. The monoisotopic (exact) mass is 286 g/mol. The fraction of sp³-hybridized carbons (Fsp3) is 0. The summed E-state index contributed by atoms with van der Waals surface area (Å²) in [6.07, 6.45) is 3.14. The lowest BCUT2D eigenvalue weighted by molar-refractivity contribution is 1.14. The summed E-state index contributed by atoms with van der Waals surface area (Å²) >= 11 is 6.16. The lowest BCUT2D eigenvalue weighted by Crippen LogP contribution is -2.09. The molecule has 0 spiro atoms. The van der Waals surface area contributed by atoms with E-state index >= 15 is 0 Å². The van der Waals surface area contributed by atoms with Gasteiger partial charge in [-0.2, -0.15) is 0 Å². The smallest absolute Gasteiger partial charge is 0.145 e. The standard InChI is InChI=1S/C13H11ClN6/c14-9-3-4-10(13-8(9)2-1-5-16-13)19-11-6-12(20-15)18-7-17-11/h1-7H,15H2,(H2,17,18,19,20). The molecule has 0 aliphatic heterocycles. The van der Waals surface area contributed by atoms with E-state index < -0.39 is 0 Å².